The first-order valence-corrected chi connectivity index (χ1v) is 9.79. The van der Waals surface area contributed by atoms with E-state index in [1.807, 2.05) is 6.92 Å². The molecule has 0 unspecified atom stereocenters. The lowest BCUT2D eigenvalue weighted by Gasteiger charge is -2.15. The Kier molecular flexibility index (Phi) is 6.61. The average Bonchev–Trinajstić information content (AvgIpc) is 3.13. The van der Waals surface area contributed by atoms with Crippen molar-refractivity contribution in [1.82, 2.24) is 0 Å². The molecule has 1 aromatic heterocycles. The zero-order valence-corrected chi connectivity index (χ0v) is 16.9. The average molecular weight is 412 g/mol. The van der Waals surface area contributed by atoms with E-state index in [9.17, 15) is 14.7 Å². The van der Waals surface area contributed by atoms with Crippen molar-refractivity contribution in [2.75, 3.05) is 13.2 Å². The molecule has 0 aliphatic heterocycles. The Bertz CT molecular complexity index is 1060. The highest BCUT2D eigenvalue weighted by molar-refractivity contribution is 5.97. The summed E-state index contributed by atoms with van der Waals surface area (Å²) in [5.74, 6) is -0.244. The third-order valence-corrected chi connectivity index (χ3v) is 4.63. The number of ketones is 1. The summed E-state index contributed by atoms with van der Waals surface area (Å²) in [6.07, 6.45) is 2.03. The fourth-order valence-corrected chi connectivity index (χ4v) is 3.18. The number of carbonyl (C=O) groups is 2. The summed E-state index contributed by atoms with van der Waals surface area (Å²) in [4.78, 5) is 22.6. The number of aromatic hydroxyl groups is 1. The first-order valence-electron chi connectivity index (χ1n) is 9.79. The smallest absolute Gasteiger partial charge is 0.371 e. The normalized spacial score (nSPS) is 10.9. The highest BCUT2D eigenvalue weighted by Crippen LogP contribution is 2.33. The van der Waals surface area contributed by atoms with Gasteiger partial charge in [0.2, 0.25) is 5.76 Å². The number of hydrogen-bond acceptors (Lipinski definition) is 6. The van der Waals surface area contributed by atoms with E-state index in [-0.39, 0.29) is 17.3 Å². The van der Waals surface area contributed by atoms with Gasteiger partial charge >= 0.3 is 5.97 Å². The van der Waals surface area contributed by atoms with Gasteiger partial charge in [0.25, 0.3) is 0 Å². The largest absolute Gasteiger partial charge is 0.507 e. The second kappa shape index (κ2) is 9.35. The maximum atomic E-state index is 11.6. The van der Waals surface area contributed by atoms with Crippen molar-refractivity contribution >= 4 is 22.7 Å². The number of furan rings is 1. The Balaban J connectivity index is 1.56. The van der Waals surface area contributed by atoms with Gasteiger partial charge in [-0.25, -0.2) is 4.79 Å². The standard InChI is InChI=1S/C23H24O7/c1-3-5-18-20(9-7-17(14(2)24)22(18)25)29-11-4-10-28-16-6-8-19-15(12-16)13-21(30-19)23(26)27/h6-9,12-13,25H,3-5,10-11H2,1-2H3,(H,26,27). The Morgan fingerprint density at radius 2 is 1.83 bits per heavy atom. The van der Waals surface area contributed by atoms with Gasteiger partial charge in [-0.3, -0.25) is 4.79 Å². The number of benzene rings is 2. The fourth-order valence-electron chi connectivity index (χ4n) is 3.18. The Morgan fingerprint density at radius 3 is 2.53 bits per heavy atom. The van der Waals surface area contributed by atoms with Crippen molar-refractivity contribution in [3.63, 3.8) is 0 Å². The zero-order valence-electron chi connectivity index (χ0n) is 16.9. The quantitative estimate of drug-likeness (QED) is 0.362. The Hall–Kier alpha value is -3.48. The maximum absolute atomic E-state index is 11.6. The summed E-state index contributed by atoms with van der Waals surface area (Å²) in [6, 6.07) is 9.87. The molecule has 0 saturated carbocycles. The zero-order chi connectivity index (χ0) is 21.7. The van der Waals surface area contributed by atoms with E-state index in [0.29, 0.717) is 59.7 Å². The summed E-state index contributed by atoms with van der Waals surface area (Å²) in [5, 5.41) is 20.0. The van der Waals surface area contributed by atoms with Crippen LogP contribution in [0.25, 0.3) is 11.0 Å². The number of fused-ring (bicyclic) bond motifs is 1. The van der Waals surface area contributed by atoms with Gasteiger partial charge in [0.1, 0.15) is 22.8 Å². The Labute approximate surface area is 173 Å². The van der Waals surface area contributed by atoms with Crippen LogP contribution in [0.15, 0.2) is 40.8 Å². The topological polar surface area (TPSA) is 106 Å². The van der Waals surface area contributed by atoms with Crippen molar-refractivity contribution in [2.24, 2.45) is 0 Å². The molecule has 0 fully saturated rings. The predicted octanol–water partition coefficient (Wildman–Crippen LogP) is 4.84. The second-order valence-electron chi connectivity index (χ2n) is 6.91. The molecule has 0 saturated heterocycles. The van der Waals surface area contributed by atoms with Crippen molar-refractivity contribution in [3.8, 4) is 17.2 Å². The second-order valence-corrected chi connectivity index (χ2v) is 6.91. The van der Waals surface area contributed by atoms with Gasteiger partial charge < -0.3 is 24.1 Å². The van der Waals surface area contributed by atoms with Crippen molar-refractivity contribution in [1.29, 1.82) is 0 Å². The third kappa shape index (κ3) is 4.74. The summed E-state index contributed by atoms with van der Waals surface area (Å²) >= 11 is 0. The van der Waals surface area contributed by atoms with E-state index >= 15 is 0 Å². The van der Waals surface area contributed by atoms with Crippen molar-refractivity contribution < 1.29 is 33.7 Å². The lowest BCUT2D eigenvalue weighted by Crippen LogP contribution is -2.07. The molecule has 0 radical (unpaired) electrons. The number of aromatic carboxylic acids is 1. The first-order chi connectivity index (χ1) is 14.4. The molecular weight excluding hydrogens is 388 g/mol. The van der Waals surface area contributed by atoms with Crippen LogP contribution >= 0.6 is 0 Å². The van der Waals surface area contributed by atoms with Crippen molar-refractivity contribution in [2.45, 2.75) is 33.1 Å². The number of carbonyl (C=O) groups excluding carboxylic acids is 1. The molecule has 0 amide bonds. The molecule has 2 N–H and O–H groups in total. The molecule has 0 aliphatic rings. The van der Waals surface area contributed by atoms with Gasteiger partial charge in [-0.1, -0.05) is 13.3 Å². The van der Waals surface area contributed by atoms with Crippen LogP contribution in [-0.4, -0.2) is 35.2 Å². The van der Waals surface area contributed by atoms with Crippen LogP contribution in [0.5, 0.6) is 17.2 Å². The summed E-state index contributed by atoms with van der Waals surface area (Å²) < 4.78 is 16.7. The van der Waals surface area contributed by atoms with Gasteiger partial charge in [0, 0.05) is 17.4 Å². The first kappa shape index (κ1) is 21.2. The molecule has 30 heavy (non-hydrogen) atoms. The number of phenolic OH excluding ortho intramolecular Hbond substituents is 1. The van der Waals surface area contributed by atoms with Gasteiger partial charge in [-0.05, 0) is 49.7 Å². The van der Waals surface area contributed by atoms with E-state index in [1.54, 1.807) is 30.3 Å². The number of Topliss-reactive ketones (excluding diaryl/α,β-unsaturated/α-hetero) is 1. The minimum atomic E-state index is -1.12. The Morgan fingerprint density at radius 1 is 1.07 bits per heavy atom. The summed E-state index contributed by atoms with van der Waals surface area (Å²) in [5.41, 5.74) is 1.43. The predicted molar refractivity (Wildman–Crippen MR) is 111 cm³/mol. The number of rotatable bonds is 10. The fraction of sp³-hybridized carbons (Fsp3) is 0.304. The lowest BCUT2D eigenvalue weighted by atomic mass is 10.0. The van der Waals surface area contributed by atoms with Crippen LogP contribution in [0.2, 0.25) is 0 Å². The van der Waals surface area contributed by atoms with Crippen LogP contribution in [-0.2, 0) is 6.42 Å². The highest BCUT2D eigenvalue weighted by Gasteiger charge is 2.16. The molecule has 2 aromatic carbocycles. The lowest BCUT2D eigenvalue weighted by molar-refractivity contribution is 0.0664. The molecule has 7 nitrogen and oxygen atoms in total. The molecule has 1 heterocycles. The van der Waals surface area contributed by atoms with E-state index in [0.717, 1.165) is 6.42 Å². The number of phenols is 1. The van der Waals surface area contributed by atoms with Crippen LogP contribution in [0.3, 0.4) is 0 Å². The number of hydrogen-bond donors (Lipinski definition) is 2. The van der Waals surface area contributed by atoms with Crippen LogP contribution in [0.1, 0.15) is 53.2 Å². The van der Waals surface area contributed by atoms with Gasteiger partial charge in [0.15, 0.2) is 5.78 Å². The molecule has 0 spiro atoms. The minimum absolute atomic E-state index is 0.00718. The van der Waals surface area contributed by atoms with E-state index in [2.05, 4.69) is 0 Å². The van der Waals surface area contributed by atoms with E-state index in [4.69, 9.17) is 19.0 Å². The molecule has 3 aromatic rings. The molecule has 0 aliphatic carbocycles. The maximum Gasteiger partial charge on any atom is 0.371 e. The van der Waals surface area contributed by atoms with Gasteiger partial charge in [-0.2, -0.15) is 0 Å². The molecule has 158 valence electrons. The van der Waals surface area contributed by atoms with Crippen molar-refractivity contribution in [3.05, 3.63) is 53.3 Å². The molecule has 7 heteroatoms. The minimum Gasteiger partial charge on any atom is -0.507 e. The van der Waals surface area contributed by atoms with Gasteiger partial charge in [0.05, 0.1) is 18.8 Å². The highest BCUT2D eigenvalue weighted by atomic mass is 16.5. The summed E-state index contributed by atoms with van der Waals surface area (Å²) in [7, 11) is 0. The monoisotopic (exact) mass is 412 g/mol. The van der Waals surface area contributed by atoms with E-state index < -0.39 is 5.97 Å². The molecule has 0 atom stereocenters. The van der Waals surface area contributed by atoms with Crippen LogP contribution < -0.4 is 9.47 Å². The number of carboxylic acids is 1. The van der Waals surface area contributed by atoms with Crippen LogP contribution in [0.4, 0.5) is 0 Å². The number of carboxylic acid groups (broad SMARTS) is 1. The third-order valence-electron chi connectivity index (χ3n) is 4.63. The molecular formula is C23H24O7. The number of ether oxygens (including phenoxy) is 2. The SMILES string of the molecule is CCCc1c(OCCCOc2ccc3oc(C(=O)O)cc3c2)ccc(C(C)=O)c1O. The summed E-state index contributed by atoms with van der Waals surface area (Å²) in [6.45, 7) is 4.20. The van der Waals surface area contributed by atoms with Crippen LogP contribution in [0, 0.1) is 0 Å². The van der Waals surface area contributed by atoms with Gasteiger partial charge in [-0.15, -0.1) is 0 Å². The van der Waals surface area contributed by atoms with E-state index in [1.165, 1.54) is 13.0 Å². The molecule has 0 bridgehead atoms. The molecule has 3 rings (SSSR count).